The minimum atomic E-state index is -0.528. The number of carbonyl (C=O) groups is 2. The molecule has 0 fully saturated rings. The summed E-state index contributed by atoms with van der Waals surface area (Å²) in [4.78, 5) is 23.4. The maximum Gasteiger partial charge on any atom is 0.321 e. The van der Waals surface area contributed by atoms with Crippen molar-refractivity contribution in [3.05, 3.63) is 41.9 Å². The van der Waals surface area contributed by atoms with Gasteiger partial charge in [-0.1, -0.05) is 29.8 Å². The van der Waals surface area contributed by atoms with Crippen molar-refractivity contribution in [3.63, 3.8) is 0 Å². The van der Waals surface area contributed by atoms with Crippen molar-refractivity contribution >= 4 is 35.3 Å². The van der Waals surface area contributed by atoms with Crippen molar-refractivity contribution in [1.29, 1.82) is 0 Å². The maximum atomic E-state index is 11.4. The van der Waals surface area contributed by atoms with Crippen molar-refractivity contribution in [2.45, 2.75) is 4.90 Å². The first-order valence-corrected chi connectivity index (χ1v) is 6.55. The van der Waals surface area contributed by atoms with Crippen LogP contribution in [0.25, 0.3) is 0 Å². The lowest BCUT2D eigenvalue weighted by Gasteiger charge is -2.05. The van der Waals surface area contributed by atoms with Crippen LogP contribution in [0.15, 0.2) is 41.8 Å². The molecule has 1 aromatic carbocycles. The number of benzene rings is 1. The summed E-state index contributed by atoms with van der Waals surface area (Å²) in [5.74, 6) is -0.243. The monoisotopic (exact) mass is 284 g/mol. The molecule has 0 saturated carbocycles. The average molecular weight is 285 g/mol. The number of halogens is 1. The molecule has 0 heterocycles. The van der Waals surface area contributed by atoms with Crippen molar-refractivity contribution in [2.24, 2.45) is 0 Å². The summed E-state index contributed by atoms with van der Waals surface area (Å²) in [6, 6.07) is 6.69. The van der Waals surface area contributed by atoms with Gasteiger partial charge in [0.2, 0.25) is 5.91 Å². The Balaban J connectivity index is 2.35. The van der Waals surface area contributed by atoms with Gasteiger partial charge in [0.05, 0.1) is 10.8 Å². The van der Waals surface area contributed by atoms with E-state index in [-0.39, 0.29) is 11.7 Å². The Morgan fingerprint density at radius 1 is 1.39 bits per heavy atom. The van der Waals surface area contributed by atoms with Gasteiger partial charge in [-0.2, -0.15) is 0 Å². The van der Waals surface area contributed by atoms with Crippen molar-refractivity contribution < 1.29 is 9.59 Å². The molecule has 0 saturated heterocycles. The highest BCUT2D eigenvalue weighted by molar-refractivity contribution is 8.00. The Morgan fingerprint density at radius 2 is 2.11 bits per heavy atom. The van der Waals surface area contributed by atoms with E-state index in [0.717, 1.165) is 4.90 Å². The first kappa shape index (κ1) is 14.6. The SMILES string of the molecule is C=CCNC(=O)NC(=O)CSc1ccccc1Cl. The molecule has 96 valence electrons. The van der Waals surface area contributed by atoms with Gasteiger partial charge in [0, 0.05) is 11.4 Å². The van der Waals surface area contributed by atoms with Crippen molar-refractivity contribution in [3.8, 4) is 0 Å². The summed E-state index contributed by atoms with van der Waals surface area (Å²) in [6.07, 6.45) is 1.53. The summed E-state index contributed by atoms with van der Waals surface area (Å²) in [6.45, 7) is 3.77. The molecule has 0 unspecified atom stereocenters. The lowest BCUT2D eigenvalue weighted by molar-refractivity contribution is -0.117. The standard InChI is InChI=1S/C12H13ClN2O2S/c1-2-7-14-12(17)15-11(16)8-18-10-6-4-3-5-9(10)13/h2-6H,1,7-8H2,(H2,14,15,16,17). The summed E-state index contributed by atoms with van der Waals surface area (Å²) in [5.41, 5.74) is 0. The summed E-state index contributed by atoms with van der Waals surface area (Å²) in [7, 11) is 0. The van der Waals surface area contributed by atoms with Crippen LogP contribution in [0.3, 0.4) is 0 Å². The molecule has 1 rings (SSSR count). The molecule has 0 aromatic heterocycles. The van der Waals surface area contributed by atoms with E-state index in [0.29, 0.717) is 11.6 Å². The molecule has 0 aliphatic heterocycles. The zero-order chi connectivity index (χ0) is 13.4. The number of rotatable bonds is 5. The van der Waals surface area contributed by atoms with Gasteiger partial charge in [-0.3, -0.25) is 10.1 Å². The molecule has 4 nitrogen and oxygen atoms in total. The van der Waals surface area contributed by atoms with E-state index in [2.05, 4.69) is 17.2 Å². The van der Waals surface area contributed by atoms with Gasteiger partial charge in [0.25, 0.3) is 0 Å². The molecule has 0 atom stereocenters. The summed E-state index contributed by atoms with van der Waals surface area (Å²) >= 11 is 7.22. The number of amides is 3. The van der Waals surface area contributed by atoms with Gasteiger partial charge in [-0.15, -0.1) is 18.3 Å². The fourth-order valence-corrected chi connectivity index (χ4v) is 2.12. The smallest absolute Gasteiger partial charge is 0.321 e. The fraction of sp³-hybridized carbons (Fsp3) is 0.167. The van der Waals surface area contributed by atoms with Gasteiger partial charge in [-0.25, -0.2) is 4.79 Å². The lowest BCUT2D eigenvalue weighted by Crippen LogP contribution is -2.40. The first-order chi connectivity index (χ1) is 8.63. The van der Waals surface area contributed by atoms with Crippen LogP contribution in [-0.4, -0.2) is 24.2 Å². The highest BCUT2D eigenvalue weighted by Gasteiger charge is 2.08. The van der Waals surface area contributed by atoms with Crippen LogP contribution in [0.1, 0.15) is 0 Å². The van der Waals surface area contributed by atoms with Crippen molar-refractivity contribution in [2.75, 3.05) is 12.3 Å². The summed E-state index contributed by atoms with van der Waals surface area (Å²) in [5, 5.41) is 5.24. The molecular formula is C12H13ClN2O2S. The van der Waals surface area contributed by atoms with Crippen LogP contribution >= 0.6 is 23.4 Å². The van der Waals surface area contributed by atoms with Crippen LogP contribution in [0.2, 0.25) is 5.02 Å². The third-order valence-corrected chi connectivity index (χ3v) is 3.37. The highest BCUT2D eigenvalue weighted by Crippen LogP contribution is 2.26. The number of nitrogens with one attached hydrogen (secondary N) is 2. The van der Waals surface area contributed by atoms with Crippen LogP contribution in [0, 0.1) is 0 Å². The molecule has 1 aromatic rings. The van der Waals surface area contributed by atoms with E-state index in [1.54, 1.807) is 6.07 Å². The predicted molar refractivity (Wildman–Crippen MR) is 73.9 cm³/mol. The van der Waals surface area contributed by atoms with E-state index in [1.807, 2.05) is 18.2 Å². The van der Waals surface area contributed by atoms with E-state index in [1.165, 1.54) is 17.8 Å². The Morgan fingerprint density at radius 3 is 2.78 bits per heavy atom. The van der Waals surface area contributed by atoms with Gasteiger partial charge in [0.1, 0.15) is 0 Å². The van der Waals surface area contributed by atoms with Crippen molar-refractivity contribution in [1.82, 2.24) is 10.6 Å². The molecule has 3 amide bonds. The normalized spacial score (nSPS) is 9.61. The zero-order valence-electron chi connectivity index (χ0n) is 9.61. The second-order valence-electron chi connectivity index (χ2n) is 3.27. The largest absolute Gasteiger partial charge is 0.334 e. The Bertz CT molecular complexity index is 451. The average Bonchev–Trinajstić information content (AvgIpc) is 2.35. The molecule has 0 radical (unpaired) electrons. The molecule has 0 aliphatic rings. The zero-order valence-corrected chi connectivity index (χ0v) is 11.2. The minimum Gasteiger partial charge on any atom is -0.334 e. The Kier molecular flexibility index (Phi) is 6.32. The highest BCUT2D eigenvalue weighted by atomic mass is 35.5. The van der Waals surface area contributed by atoms with Gasteiger partial charge in [-0.05, 0) is 12.1 Å². The molecule has 2 N–H and O–H groups in total. The number of thioether (sulfide) groups is 1. The number of urea groups is 1. The third kappa shape index (κ3) is 5.25. The van der Waals surface area contributed by atoms with E-state index >= 15 is 0 Å². The van der Waals surface area contributed by atoms with E-state index < -0.39 is 6.03 Å². The summed E-state index contributed by atoms with van der Waals surface area (Å²) < 4.78 is 0. The molecule has 0 bridgehead atoms. The molecule has 6 heteroatoms. The van der Waals surface area contributed by atoms with Gasteiger partial charge >= 0.3 is 6.03 Å². The Hall–Kier alpha value is -1.46. The van der Waals surface area contributed by atoms with Crippen LogP contribution in [0.5, 0.6) is 0 Å². The van der Waals surface area contributed by atoms with Crippen LogP contribution in [0.4, 0.5) is 4.79 Å². The molecule has 0 spiro atoms. The number of hydrogen-bond acceptors (Lipinski definition) is 3. The lowest BCUT2D eigenvalue weighted by atomic mass is 10.4. The van der Waals surface area contributed by atoms with E-state index in [4.69, 9.17) is 11.6 Å². The molecule has 0 aliphatic carbocycles. The van der Waals surface area contributed by atoms with Gasteiger partial charge < -0.3 is 5.32 Å². The maximum absolute atomic E-state index is 11.4. The second kappa shape index (κ2) is 7.79. The first-order valence-electron chi connectivity index (χ1n) is 5.19. The quantitative estimate of drug-likeness (QED) is 0.645. The minimum absolute atomic E-state index is 0.130. The number of carbonyl (C=O) groups excluding carboxylic acids is 2. The van der Waals surface area contributed by atoms with E-state index in [9.17, 15) is 9.59 Å². The topological polar surface area (TPSA) is 58.2 Å². The van der Waals surface area contributed by atoms with Crippen LogP contribution < -0.4 is 10.6 Å². The van der Waals surface area contributed by atoms with Gasteiger partial charge in [0.15, 0.2) is 0 Å². The third-order valence-electron chi connectivity index (χ3n) is 1.86. The number of imide groups is 1. The number of hydrogen-bond donors (Lipinski definition) is 2. The Labute approximate surface area is 115 Å². The second-order valence-corrected chi connectivity index (χ2v) is 4.69. The molecule has 18 heavy (non-hydrogen) atoms. The predicted octanol–water partition coefficient (Wildman–Crippen LogP) is 2.44. The molecular weight excluding hydrogens is 272 g/mol. The fourth-order valence-electron chi connectivity index (χ4n) is 1.08. The van der Waals surface area contributed by atoms with Crippen LogP contribution in [-0.2, 0) is 4.79 Å².